The molecule has 1 aliphatic heterocycles. The lowest BCUT2D eigenvalue weighted by Gasteiger charge is -2.53. The number of rotatable bonds is 6. The fourth-order valence-electron chi connectivity index (χ4n) is 5.97. The van der Waals surface area contributed by atoms with Gasteiger partial charge in [0.25, 0.3) is 0 Å². The summed E-state index contributed by atoms with van der Waals surface area (Å²) in [5.74, 6) is -1.67. The monoisotopic (exact) mass is 563 g/mol. The Bertz CT molecular complexity index is 1290. The quantitative estimate of drug-likeness (QED) is 0.366. The Labute approximate surface area is 232 Å². The van der Waals surface area contributed by atoms with Gasteiger partial charge in [-0.2, -0.15) is 23.5 Å². The van der Waals surface area contributed by atoms with Crippen LogP contribution < -0.4 is 4.90 Å². The summed E-state index contributed by atoms with van der Waals surface area (Å²) in [6.45, 7) is 7.92. The van der Waals surface area contributed by atoms with Crippen LogP contribution in [0.5, 0.6) is 0 Å². The van der Waals surface area contributed by atoms with E-state index in [4.69, 9.17) is 14.2 Å². The van der Waals surface area contributed by atoms with Gasteiger partial charge in [0, 0.05) is 58.8 Å². The zero-order valence-corrected chi connectivity index (χ0v) is 24.0. The van der Waals surface area contributed by atoms with E-state index in [0.717, 1.165) is 11.3 Å². The maximum absolute atomic E-state index is 14.4. The second-order valence-electron chi connectivity index (χ2n) is 11.7. The maximum atomic E-state index is 14.4. The number of piperidine rings is 1. The van der Waals surface area contributed by atoms with Crippen LogP contribution in [0, 0.1) is 18.3 Å². The predicted octanol–water partition coefficient (Wildman–Crippen LogP) is 4.76. The van der Waals surface area contributed by atoms with Gasteiger partial charge in [0.15, 0.2) is 11.5 Å². The summed E-state index contributed by atoms with van der Waals surface area (Å²) in [7, 11) is 4.69. The van der Waals surface area contributed by atoms with Crippen LogP contribution in [0.25, 0.3) is 0 Å². The number of carbonyl (C=O) groups excluding carboxylic acids is 1. The van der Waals surface area contributed by atoms with E-state index in [1.165, 1.54) is 20.3 Å². The second kappa shape index (κ2) is 10.3. The van der Waals surface area contributed by atoms with Gasteiger partial charge in [-0.3, -0.25) is 9.48 Å². The highest BCUT2D eigenvalue weighted by Gasteiger charge is 2.64. The van der Waals surface area contributed by atoms with Crippen molar-refractivity contribution in [2.24, 2.45) is 7.05 Å². The van der Waals surface area contributed by atoms with Crippen LogP contribution in [-0.4, -0.2) is 59.4 Å². The van der Waals surface area contributed by atoms with Crippen LogP contribution in [0.1, 0.15) is 80.5 Å². The molecule has 0 unspecified atom stereocenters. The van der Waals surface area contributed by atoms with E-state index in [9.17, 15) is 23.2 Å². The smallest absolute Gasteiger partial charge is 0.434 e. The molecule has 4 rings (SSSR count). The molecule has 0 radical (unpaired) electrons. The van der Waals surface area contributed by atoms with E-state index < -0.39 is 40.2 Å². The summed E-state index contributed by atoms with van der Waals surface area (Å²) in [6.07, 6.45) is -1.96. The molecule has 0 N–H and O–H groups in total. The molecule has 0 aromatic carbocycles. The van der Waals surface area contributed by atoms with Crippen molar-refractivity contribution >= 4 is 11.8 Å². The van der Waals surface area contributed by atoms with Gasteiger partial charge in [0.1, 0.15) is 22.9 Å². The summed E-state index contributed by atoms with van der Waals surface area (Å²) in [5.41, 5.74) is -2.40. The molecule has 0 bridgehead atoms. The molecule has 2 aromatic rings. The lowest BCUT2D eigenvalue weighted by Crippen LogP contribution is -2.62. The molecule has 0 spiro atoms. The predicted molar refractivity (Wildman–Crippen MR) is 140 cm³/mol. The molecule has 0 atom stereocenters. The number of pyridine rings is 1. The lowest BCUT2D eigenvalue weighted by molar-refractivity contribution is -0.280. The summed E-state index contributed by atoms with van der Waals surface area (Å²) in [5, 5.41) is 14.3. The van der Waals surface area contributed by atoms with Crippen molar-refractivity contribution < 1.29 is 32.2 Å². The fourth-order valence-corrected chi connectivity index (χ4v) is 5.97. The first-order chi connectivity index (χ1) is 18.6. The van der Waals surface area contributed by atoms with Gasteiger partial charge in [0.05, 0.1) is 11.8 Å². The van der Waals surface area contributed by atoms with Crippen LogP contribution >= 0.6 is 0 Å². The van der Waals surface area contributed by atoms with Crippen molar-refractivity contribution in [3.63, 3.8) is 0 Å². The topological polar surface area (TPSA) is 102 Å². The number of ether oxygens (including phenoxy) is 3. The molecule has 1 aliphatic carbocycles. The molecule has 1 saturated heterocycles. The highest BCUT2D eigenvalue weighted by Crippen LogP contribution is 2.55. The fraction of sp³-hybridized carbons (Fsp3) is 0.643. The lowest BCUT2D eigenvalue weighted by atomic mass is 9.59. The molecule has 3 heterocycles. The van der Waals surface area contributed by atoms with Crippen LogP contribution in [0.3, 0.4) is 0 Å². The Kier molecular flexibility index (Phi) is 7.71. The highest BCUT2D eigenvalue weighted by atomic mass is 19.4. The number of anilines is 1. The zero-order chi connectivity index (χ0) is 29.7. The molecule has 9 nitrogen and oxygen atoms in total. The van der Waals surface area contributed by atoms with Crippen LogP contribution in [0.15, 0.2) is 12.3 Å². The number of esters is 1. The summed E-state index contributed by atoms with van der Waals surface area (Å²) >= 11 is 0. The largest absolute Gasteiger partial charge is 0.459 e. The number of carbonyl (C=O) groups is 1. The normalized spacial score (nSPS) is 19.2. The van der Waals surface area contributed by atoms with Crippen LogP contribution in [0.4, 0.5) is 19.0 Å². The van der Waals surface area contributed by atoms with E-state index in [1.807, 2.05) is 18.7 Å². The summed E-state index contributed by atoms with van der Waals surface area (Å²) in [4.78, 5) is 19.4. The standard InChI is InChI=1S/C28H36F3N5O4/c1-17-14-33-35(5)22(17)18-8-10-36(11-9-18)21-12-20(19(13-32)23(34-21)28(29,30)31)26(24(37)40-25(2,3)4)15-27(16-26,38-6)39-7/h12,14,18H,8-11,15-16H2,1-7H3. The molecule has 218 valence electrons. The van der Waals surface area contributed by atoms with E-state index in [0.29, 0.717) is 25.9 Å². The van der Waals surface area contributed by atoms with E-state index in [-0.39, 0.29) is 30.1 Å². The SMILES string of the molecule is COC1(OC)CC(C(=O)OC(C)(C)C)(c2cc(N3CCC(c4c(C)cnn4C)CC3)nc(C(F)(F)F)c2C#N)C1. The Balaban J connectivity index is 1.80. The molecule has 40 heavy (non-hydrogen) atoms. The molecule has 2 fully saturated rings. The molecule has 12 heteroatoms. The van der Waals surface area contributed by atoms with E-state index >= 15 is 0 Å². The molecule has 2 aromatic heterocycles. The van der Waals surface area contributed by atoms with Crippen molar-refractivity contribution in [1.29, 1.82) is 5.26 Å². The third kappa shape index (κ3) is 5.29. The van der Waals surface area contributed by atoms with Crippen LogP contribution in [0.2, 0.25) is 0 Å². The van der Waals surface area contributed by atoms with Gasteiger partial charge in [-0.1, -0.05) is 0 Å². The minimum atomic E-state index is -4.92. The van der Waals surface area contributed by atoms with Gasteiger partial charge in [-0.25, -0.2) is 4.98 Å². The van der Waals surface area contributed by atoms with Gasteiger partial charge in [-0.05, 0) is 57.7 Å². The number of halogens is 3. The number of aromatic nitrogens is 3. The van der Waals surface area contributed by atoms with Gasteiger partial charge >= 0.3 is 12.1 Å². The van der Waals surface area contributed by atoms with Gasteiger partial charge < -0.3 is 19.1 Å². The maximum Gasteiger partial charge on any atom is 0.434 e. The Hall–Kier alpha value is -3.17. The van der Waals surface area contributed by atoms with Gasteiger partial charge in [-0.15, -0.1) is 0 Å². The summed E-state index contributed by atoms with van der Waals surface area (Å²) in [6, 6.07) is 3.14. The first-order valence-electron chi connectivity index (χ1n) is 13.2. The molecular formula is C28H36F3N5O4. The van der Waals surface area contributed by atoms with Crippen molar-refractivity contribution in [2.75, 3.05) is 32.2 Å². The average Bonchev–Trinajstić information content (AvgIpc) is 3.19. The van der Waals surface area contributed by atoms with Crippen molar-refractivity contribution in [1.82, 2.24) is 14.8 Å². The van der Waals surface area contributed by atoms with Crippen molar-refractivity contribution in [3.8, 4) is 6.07 Å². The number of methoxy groups -OCH3 is 2. The van der Waals surface area contributed by atoms with E-state index in [1.54, 1.807) is 37.9 Å². The van der Waals surface area contributed by atoms with Crippen molar-refractivity contribution in [2.45, 2.75) is 82.3 Å². The average molecular weight is 564 g/mol. The number of alkyl halides is 3. The van der Waals surface area contributed by atoms with Crippen molar-refractivity contribution in [3.05, 3.63) is 40.3 Å². The third-order valence-electron chi connectivity index (χ3n) is 7.96. The Morgan fingerprint density at radius 1 is 1.15 bits per heavy atom. The minimum Gasteiger partial charge on any atom is -0.459 e. The Morgan fingerprint density at radius 2 is 1.75 bits per heavy atom. The first kappa shape index (κ1) is 29.8. The number of nitrogens with zero attached hydrogens (tertiary/aromatic N) is 5. The Morgan fingerprint density at radius 3 is 2.20 bits per heavy atom. The van der Waals surface area contributed by atoms with Crippen LogP contribution in [-0.2, 0) is 37.6 Å². The molecule has 1 saturated carbocycles. The van der Waals surface area contributed by atoms with Gasteiger partial charge in [0.2, 0.25) is 0 Å². The molecular weight excluding hydrogens is 527 g/mol. The van der Waals surface area contributed by atoms with E-state index in [2.05, 4.69) is 10.1 Å². The first-order valence-corrected chi connectivity index (χ1v) is 13.2. The molecule has 2 aliphatic rings. The number of hydrogen-bond acceptors (Lipinski definition) is 8. The minimum absolute atomic E-state index is 0.0665. The number of hydrogen-bond donors (Lipinski definition) is 0. The highest BCUT2D eigenvalue weighted by molar-refractivity contribution is 5.87. The molecule has 0 amide bonds. The number of nitriles is 1. The summed E-state index contributed by atoms with van der Waals surface area (Å²) < 4.78 is 61.6. The zero-order valence-electron chi connectivity index (χ0n) is 24.0. The number of aryl methyl sites for hydroxylation is 2. The second-order valence-corrected chi connectivity index (χ2v) is 11.7. The third-order valence-corrected chi connectivity index (χ3v) is 7.96.